The number of esters is 1. The Bertz CT molecular complexity index is 1710. The van der Waals surface area contributed by atoms with Crippen molar-refractivity contribution in [3.8, 4) is 23.1 Å². The SMILES string of the molecule is COCCOc1cc(OC)cc(C(Nc2ccc(C(=N)N)c(OC(=O)C(F)(F)F)c2)c2nn(-c3cnccn3)c(=O)[nH]2)c1F. The van der Waals surface area contributed by atoms with Crippen LogP contribution in [0.15, 0.2) is 53.7 Å². The minimum absolute atomic E-state index is 0.0283. The van der Waals surface area contributed by atoms with Gasteiger partial charge in [-0.3, -0.25) is 15.4 Å². The number of hydrogen-bond donors (Lipinski definition) is 4. The number of anilines is 1. The van der Waals surface area contributed by atoms with Crippen molar-refractivity contribution < 1.29 is 41.3 Å². The molecule has 1 unspecified atom stereocenters. The number of benzene rings is 2. The third kappa shape index (κ3) is 7.09. The number of nitrogens with one attached hydrogen (secondary N) is 3. The topological polar surface area (TPSA) is 192 Å². The number of aromatic nitrogens is 5. The predicted molar refractivity (Wildman–Crippen MR) is 145 cm³/mol. The number of halogens is 4. The molecule has 2 aromatic heterocycles. The molecule has 0 saturated heterocycles. The molecule has 1 atom stereocenters. The fourth-order valence-corrected chi connectivity index (χ4v) is 3.82. The quantitative estimate of drug-likeness (QED) is 0.0454. The molecule has 0 saturated carbocycles. The summed E-state index contributed by atoms with van der Waals surface area (Å²) >= 11 is 0. The van der Waals surface area contributed by atoms with Gasteiger partial charge in [-0.2, -0.15) is 17.9 Å². The lowest BCUT2D eigenvalue weighted by molar-refractivity contribution is -0.189. The maximum Gasteiger partial charge on any atom is 0.491 e. The van der Waals surface area contributed by atoms with E-state index in [0.29, 0.717) is 0 Å². The number of alkyl halides is 3. The third-order valence-corrected chi connectivity index (χ3v) is 5.82. The molecule has 0 aliphatic heterocycles. The summed E-state index contributed by atoms with van der Waals surface area (Å²) in [6.07, 6.45) is -1.41. The van der Waals surface area contributed by atoms with E-state index in [1.807, 2.05) is 0 Å². The van der Waals surface area contributed by atoms with E-state index in [1.165, 1.54) is 51.0 Å². The van der Waals surface area contributed by atoms with Gasteiger partial charge in [0, 0.05) is 42.9 Å². The number of carbonyl (C=O) groups is 1. The van der Waals surface area contributed by atoms with Crippen molar-refractivity contribution in [3.63, 3.8) is 0 Å². The Labute approximate surface area is 245 Å². The van der Waals surface area contributed by atoms with Gasteiger partial charge in [-0.15, -0.1) is 5.10 Å². The highest BCUT2D eigenvalue weighted by Gasteiger charge is 2.42. The van der Waals surface area contributed by atoms with E-state index in [0.717, 1.165) is 16.8 Å². The lowest BCUT2D eigenvalue weighted by Crippen LogP contribution is -2.29. The Balaban J connectivity index is 1.86. The molecule has 2 heterocycles. The van der Waals surface area contributed by atoms with Crippen LogP contribution in [0.1, 0.15) is 23.0 Å². The normalized spacial score (nSPS) is 12.0. The summed E-state index contributed by atoms with van der Waals surface area (Å²) in [4.78, 5) is 34.9. The highest BCUT2D eigenvalue weighted by Crippen LogP contribution is 2.36. The monoisotopic (exact) mass is 620 g/mol. The highest BCUT2D eigenvalue weighted by molar-refractivity contribution is 5.99. The molecule has 0 radical (unpaired) electrons. The number of ether oxygens (including phenoxy) is 4. The van der Waals surface area contributed by atoms with Gasteiger partial charge in [0.2, 0.25) is 0 Å². The lowest BCUT2D eigenvalue weighted by Gasteiger charge is -2.22. The van der Waals surface area contributed by atoms with Crippen LogP contribution in [0.2, 0.25) is 0 Å². The van der Waals surface area contributed by atoms with E-state index in [4.69, 9.17) is 25.4 Å². The molecule has 0 amide bonds. The molecule has 44 heavy (non-hydrogen) atoms. The van der Waals surface area contributed by atoms with Gasteiger partial charge in [-0.1, -0.05) is 0 Å². The zero-order valence-corrected chi connectivity index (χ0v) is 22.9. The molecule has 14 nitrogen and oxygen atoms in total. The van der Waals surface area contributed by atoms with E-state index in [1.54, 1.807) is 0 Å². The fraction of sp³-hybridized carbons (Fsp3) is 0.231. The zero-order valence-electron chi connectivity index (χ0n) is 22.9. The smallest absolute Gasteiger partial charge is 0.491 e. The van der Waals surface area contributed by atoms with Crippen LogP contribution in [0.5, 0.6) is 17.2 Å². The van der Waals surface area contributed by atoms with E-state index in [9.17, 15) is 22.8 Å². The molecule has 0 spiro atoms. The minimum Gasteiger partial charge on any atom is -0.497 e. The molecular weight excluding hydrogens is 596 g/mol. The minimum atomic E-state index is -5.35. The summed E-state index contributed by atoms with van der Waals surface area (Å²) in [6, 6.07) is 4.52. The molecule has 4 aromatic rings. The molecule has 0 aliphatic carbocycles. The molecule has 0 aliphatic rings. The average Bonchev–Trinajstić information content (AvgIpc) is 3.38. The summed E-state index contributed by atoms with van der Waals surface area (Å²) in [5.74, 6) is -5.12. The standard InChI is InChI=1S/C26H24F4N8O6/c1-41-7-8-43-18-11-14(42-2)10-16(20(18)27)21(23-36-25(40)38(37-23)19-12-33-5-6-34-19)35-13-3-4-15(22(31)32)17(9-13)44-24(39)26(28,29)30/h3-6,9-12,21,35H,7-8H2,1-2H3,(H3,31,32)(H,36,37,40). The number of hydrogen-bond acceptors (Lipinski definition) is 11. The number of amidine groups is 1. The Morgan fingerprint density at radius 1 is 1.16 bits per heavy atom. The van der Waals surface area contributed by atoms with Crippen LogP contribution in [0.3, 0.4) is 0 Å². The zero-order chi connectivity index (χ0) is 32.0. The van der Waals surface area contributed by atoms with Crippen LogP contribution in [-0.2, 0) is 9.53 Å². The first-order valence-corrected chi connectivity index (χ1v) is 12.4. The fourth-order valence-electron chi connectivity index (χ4n) is 3.82. The number of H-pyrrole nitrogens is 1. The maximum absolute atomic E-state index is 16.0. The van der Waals surface area contributed by atoms with Crippen molar-refractivity contribution in [2.24, 2.45) is 5.73 Å². The first-order valence-electron chi connectivity index (χ1n) is 12.4. The summed E-state index contributed by atoms with van der Waals surface area (Å²) in [7, 11) is 2.75. The summed E-state index contributed by atoms with van der Waals surface area (Å²) in [5, 5.41) is 14.8. The Kier molecular flexibility index (Phi) is 9.42. The second-order valence-electron chi connectivity index (χ2n) is 8.75. The van der Waals surface area contributed by atoms with Gasteiger partial charge >= 0.3 is 17.8 Å². The van der Waals surface area contributed by atoms with Gasteiger partial charge in [0.1, 0.15) is 30.0 Å². The Morgan fingerprint density at radius 2 is 1.93 bits per heavy atom. The summed E-state index contributed by atoms with van der Waals surface area (Å²) in [6.45, 7) is 0.0993. The molecule has 0 fully saturated rings. The Morgan fingerprint density at radius 3 is 2.57 bits per heavy atom. The number of nitrogens with two attached hydrogens (primary N) is 1. The largest absolute Gasteiger partial charge is 0.497 e. The van der Waals surface area contributed by atoms with E-state index in [2.05, 4.69) is 30.1 Å². The van der Waals surface area contributed by atoms with Crippen molar-refractivity contribution in [1.29, 1.82) is 5.41 Å². The van der Waals surface area contributed by atoms with Gasteiger partial charge < -0.3 is 30.0 Å². The average molecular weight is 621 g/mol. The van der Waals surface area contributed by atoms with Crippen LogP contribution < -0.4 is 31.0 Å². The number of rotatable bonds is 12. The van der Waals surface area contributed by atoms with Crippen molar-refractivity contribution >= 4 is 17.5 Å². The second-order valence-corrected chi connectivity index (χ2v) is 8.75. The van der Waals surface area contributed by atoms with Crippen LogP contribution in [-0.4, -0.2) is 70.1 Å². The molecule has 232 valence electrons. The predicted octanol–water partition coefficient (Wildman–Crippen LogP) is 2.48. The van der Waals surface area contributed by atoms with Crippen LogP contribution in [0, 0.1) is 11.2 Å². The molecule has 18 heteroatoms. The van der Waals surface area contributed by atoms with Crippen LogP contribution in [0.4, 0.5) is 23.2 Å². The molecule has 4 rings (SSSR count). The van der Waals surface area contributed by atoms with E-state index in [-0.39, 0.29) is 53.2 Å². The second kappa shape index (κ2) is 13.2. The molecule has 0 bridgehead atoms. The van der Waals surface area contributed by atoms with Gasteiger partial charge in [0.25, 0.3) is 0 Å². The molecule has 5 N–H and O–H groups in total. The summed E-state index contributed by atoms with van der Waals surface area (Å²) in [5.41, 5.74) is 4.13. The van der Waals surface area contributed by atoms with Crippen molar-refractivity contribution in [2.75, 3.05) is 32.8 Å². The van der Waals surface area contributed by atoms with Crippen molar-refractivity contribution in [1.82, 2.24) is 24.7 Å². The van der Waals surface area contributed by atoms with Crippen molar-refractivity contribution in [3.05, 3.63) is 82.2 Å². The molecule has 2 aromatic carbocycles. The van der Waals surface area contributed by atoms with Gasteiger partial charge in [-0.25, -0.2) is 19.0 Å². The number of nitrogen functional groups attached to an aromatic ring is 1. The number of aromatic amines is 1. The van der Waals surface area contributed by atoms with E-state index >= 15 is 4.39 Å². The third-order valence-electron chi connectivity index (χ3n) is 5.82. The first kappa shape index (κ1) is 31.4. The first-order chi connectivity index (χ1) is 20.9. The summed E-state index contributed by atoms with van der Waals surface area (Å²) < 4.78 is 76.0. The van der Waals surface area contributed by atoms with Crippen LogP contribution >= 0.6 is 0 Å². The highest BCUT2D eigenvalue weighted by atomic mass is 19.4. The van der Waals surface area contributed by atoms with Gasteiger partial charge in [-0.05, 0) is 18.2 Å². The van der Waals surface area contributed by atoms with Gasteiger partial charge in [0.05, 0.1) is 25.5 Å². The lowest BCUT2D eigenvalue weighted by atomic mass is 10.0. The number of nitrogens with zero attached hydrogens (tertiary/aromatic N) is 4. The number of carbonyl (C=O) groups excluding carboxylic acids is 1. The number of methoxy groups -OCH3 is 2. The molecular formula is C26H24F4N8O6. The Hall–Kier alpha value is -5.52. The van der Waals surface area contributed by atoms with Crippen molar-refractivity contribution in [2.45, 2.75) is 12.2 Å². The van der Waals surface area contributed by atoms with E-state index < -0.39 is 41.3 Å². The van der Waals surface area contributed by atoms with Gasteiger partial charge in [0.15, 0.2) is 23.2 Å². The van der Waals surface area contributed by atoms with Crippen LogP contribution in [0.25, 0.3) is 5.82 Å². The maximum atomic E-state index is 16.0.